The number of nitrogens with zero attached hydrogens (tertiary/aromatic N) is 1. The average molecular weight is 279 g/mol. The third-order valence-corrected chi connectivity index (χ3v) is 3.34. The molecular formula is C17H13NO3. The fourth-order valence-corrected chi connectivity index (χ4v) is 2.35. The molecule has 0 aliphatic heterocycles. The van der Waals surface area contributed by atoms with Crippen LogP contribution in [0.3, 0.4) is 0 Å². The van der Waals surface area contributed by atoms with E-state index in [-0.39, 0.29) is 11.5 Å². The van der Waals surface area contributed by atoms with Gasteiger partial charge < -0.3 is 14.6 Å². The molecule has 3 rings (SSSR count). The molecule has 0 aliphatic rings. The minimum Gasteiger partial charge on any atom is -0.508 e. The third kappa shape index (κ3) is 2.54. The molecule has 0 bridgehead atoms. The van der Waals surface area contributed by atoms with E-state index in [2.05, 4.69) is 6.07 Å². The third-order valence-electron chi connectivity index (χ3n) is 3.34. The van der Waals surface area contributed by atoms with Crippen molar-refractivity contribution < 1.29 is 14.6 Å². The molecule has 4 heteroatoms. The van der Waals surface area contributed by atoms with Gasteiger partial charge in [0.15, 0.2) is 0 Å². The summed E-state index contributed by atoms with van der Waals surface area (Å²) in [6.07, 6.45) is 0.901. The van der Waals surface area contributed by atoms with Gasteiger partial charge in [0.2, 0.25) is 0 Å². The van der Waals surface area contributed by atoms with E-state index < -0.39 is 0 Å². The van der Waals surface area contributed by atoms with Crippen LogP contribution in [0.25, 0.3) is 22.3 Å². The summed E-state index contributed by atoms with van der Waals surface area (Å²) in [5.41, 5.74) is 2.34. The molecule has 0 spiro atoms. The Morgan fingerprint density at radius 2 is 1.76 bits per heavy atom. The fraction of sp³-hybridized carbons (Fsp3) is 0.118. The Hall–Kier alpha value is -2.93. The Morgan fingerprint density at radius 1 is 1.00 bits per heavy atom. The van der Waals surface area contributed by atoms with E-state index in [9.17, 15) is 10.2 Å². The summed E-state index contributed by atoms with van der Waals surface area (Å²) in [4.78, 5) is 0. The lowest BCUT2D eigenvalue weighted by atomic mass is 10.1. The summed E-state index contributed by atoms with van der Waals surface area (Å²) in [7, 11) is 0. The lowest BCUT2D eigenvalue weighted by Gasteiger charge is -2.01. The number of phenols is 2. The fourth-order valence-electron chi connectivity index (χ4n) is 2.35. The highest BCUT2D eigenvalue weighted by Gasteiger charge is 2.11. The zero-order chi connectivity index (χ0) is 14.8. The number of hydrogen-bond donors (Lipinski definition) is 2. The van der Waals surface area contributed by atoms with Gasteiger partial charge in [0.05, 0.1) is 6.07 Å². The van der Waals surface area contributed by atoms with Crippen molar-refractivity contribution in [2.45, 2.75) is 12.8 Å². The van der Waals surface area contributed by atoms with Gasteiger partial charge in [-0.3, -0.25) is 0 Å². The predicted octanol–water partition coefficient (Wildman–Crippen LogP) is 3.97. The molecule has 1 aromatic heterocycles. The molecule has 0 fully saturated rings. The van der Waals surface area contributed by atoms with E-state index in [1.165, 1.54) is 0 Å². The first-order valence-corrected chi connectivity index (χ1v) is 6.59. The number of hydrogen-bond acceptors (Lipinski definition) is 4. The van der Waals surface area contributed by atoms with Crippen molar-refractivity contribution in [1.82, 2.24) is 0 Å². The Bertz CT molecular complexity index is 826. The van der Waals surface area contributed by atoms with Gasteiger partial charge in [-0.15, -0.1) is 0 Å². The second-order valence-electron chi connectivity index (χ2n) is 4.84. The van der Waals surface area contributed by atoms with Crippen molar-refractivity contribution in [2.24, 2.45) is 0 Å². The molecular weight excluding hydrogens is 266 g/mol. The van der Waals surface area contributed by atoms with Crippen LogP contribution >= 0.6 is 0 Å². The lowest BCUT2D eigenvalue weighted by Crippen LogP contribution is -1.84. The monoisotopic (exact) mass is 279 g/mol. The number of nitriles is 1. The van der Waals surface area contributed by atoms with Crippen LogP contribution in [-0.4, -0.2) is 10.2 Å². The van der Waals surface area contributed by atoms with Crippen LogP contribution in [0.1, 0.15) is 12.0 Å². The van der Waals surface area contributed by atoms with Crippen molar-refractivity contribution in [2.75, 3.05) is 0 Å². The minimum absolute atomic E-state index is 0.161. The molecule has 0 saturated carbocycles. The molecule has 0 saturated heterocycles. The molecule has 0 radical (unpaired) electrons. The lowest BCUT2D eigenvalue weighted by molar-refractivity contribution is 0.474. The number of aryl methyl sites for hydroxylation is 1. The van der Waals surface area contributed by atoms with Crippen LogP contribution in [0.2, 0.25) is 0 Å². The molecule has 0 aliphatic carbocycles. The van der Waals surface area contributed by atoms with Crippen molar-refractivity contribution in [1.29, 1.82) is 5.26 Å². The normalized spacial score (nSPS) is 10.6. The SMILES string of the molecule is N#CCCc1cc(O)cc2cc(-c3ccc(O)cc3)oc12. The van der Waals surface area contributed by atoms with Crippen LogP contribution in [0.4, 0.5) is 0 Å². The van der Waals surface area contributed by atoms with Gasteiger partial charge in [-0.2, -0.15) is 5.26 Å². The maximum Gasteiger partial charge on any atom is 0.138 e. The van der Waals surface area contributed by atoms with Gasteiger partial charge in [0.25, 0.3) is 0 Å². The van der Waals surface area contributed by atoms with Gasteiger partial charge in [-0.1, -0.05) is 0 Å². The van der Waals surface area contributed by atoms with Gasteiger partial charge in [-0.25, -0.2) is 0 Å². The summed E-state index contributed by atoms with van der Waals surface area (Å²) in [5.74, 6) is 1.02. The van der Waals surface area contributed by atoms with Crippen LogP contribution < -0.4 is 0 Å². The van der Waals surface area contributed by atoms with Crippen molar-refractivity contribution in [3.05, 3.63) is 48.0 Å². The molecule has 0 atom stereocenters. The van der Waals surface area contributed by atoms with E-state index in [1.807, 2.05) is 6.07 Å². The quantitative estimate of drug-likeness (QED) is 0.760. The maximum atomic E-state index is 9.77. The van der Waals surface area contributed by atoms with Crippen LogP contribution in [0.5, 0.6) is 11.5 Å². The standard InChI is InChI=1S/C17H13NO3/c18-7-1-2-12-8-15(20)9-13-10-16(21-17(12)13)11-3-5-14(19)6-4-11/h3-6,8-10,19-20H,1-2H2. The first-order chi connectivity index (χ1) is 10.2. The van der Waals surface area contributed by atoms with Crippen molar-refractivity contribution in [3.63, 3.8) is 0 Å². The van der Waals surface area contributed by atoms with Gasteiger partial charge in [0.1, 0.15) is 22.8 Å². The van der Waals surface area contributed by atoms with Crippen molar-refractivity contribution >= 4 is 11.0 Å². The van der Waals surface area contributed by atoms with E-state index in [1.54, 1.807) is 36.4 Å². The van der Waals surface area contributed by atoms with E-state index >= 15 is 0 Å². The van der Waals surface area contributed by atoms with Crippen LogP contribution in [0.15, 0.2) is 46.9 Å². The van der Waals surface area contributed by atoms with E-state index in [0.717, 1.165) is 16.5 Å². The Kier molecular flexibility index (Phi) is 3.25. The predicted molar refractivity (Wildman–Crippen MR) is 78.9 cm³/mol. The highest BCUT2D eigenvalue weighted by Crippen LogP contribution is 2.33. The zero-order valence-electron chi connectivity index (χ0n) is 11.2. The van der Waals surface area contributed by atoms with Crippen molar-refractivity contribution in [3.8, 4) is 28.9 Å². The smallest absolute Gasteiger partial charge is 0.138 e. The molecule has 21 heavy (non-hydrogen) atoms. The van der Waals surface area contributed by atoms with Crippen LogP contribution in [-0.2, 0) is 6.42 Å². The first-order valence-electron chi connectivity index (χ1n) is 6.59. The van der Waals surface area contributed by atoms with Gasteiger partial charge >= 0.3 is 0 Å². The van der Waals surface area contributed by atoms with Gasteiger partial charge in [-0.05, 0) is 48.9 Å². The molecule has 1 heterocycles. The number of rotatable bonds is 3. The molecule has 104 valence electrons. The number of furan rings is 1. The van der Waals surface area contributed by atoms with Crippen LogP contribution in [0, 0.1) is 11.3 Å². The topological polar surface area (TPSA) is 77.4 Å². The second-order valence-corrected chi connectivity index (χ2v) is 4.84. The van der Waals surface area contributed by atoms with E-state index in [0.29, 0.717) is 24.2 Å². The first kappa shape index (κ1) is 13.1. The Morgan fingerprint density at radius 3 is 2.48 bits per heavy atom. The number of phenolic OH excluding ortho intramolecular Hbond substituents is 2. The van der Waals surface area contributed by atoms with E-state index in [4.69, 9.17) is 9.68 Å². The Balaban J connectivity index is 2.11. The molecule has 0 unspecified atom stereocenters. The Labute approximate surface area is 121 Å². The summed E-state index contributed by atoms with van der Waals surface area (Å²) in [6.45, 7) is 0. The van der Waals surface area contributed by atoms with Gasteiger partial charge in [0, 0.05) is 22.9 Å². The molecule has 2 N–H and O–H groups in total. The molecule has 2 aromatic carbocycles. The second kappa shape index (κ2) is 5.22. The highest BCUT2D eigenvalue weighted by molar-refractivity contribution is 5.86. The number of fused-ring (bicyclic) bond motifs is 1. The molecule has 3 aromatic rings. The number of aromatic hydroxyl groups is 2. The molecule has 4 nitrogen and oxygen atoms in total. The average Bonchev–Trinajstić information content (AvgIpc) is 2.89. The summed E-state index contributed by atoms with van der Waals surface area (Å²) in [6, 6.07) is 13.9. The largest absolute Gasteiger partial charge is 0.508 e. The minimum atomic E-state index is 0.161. The summed E-state index contributed by atoms with van der Waals surface area (Å²) < 4.78 is 5.87. The molecule has 0 amide bonds. The number of benzene rings is 2. The summed E-state index contributed by atoms with van der Waals surface area (Å²) >= 11 is 0. The zero-order valence-corrected chi connectivity index (χ0v) is 11.2. The summed E-state index contributed by atoms with van der Waals surface area (Å²) in [5, 5.41) is 28.6. The maximum absolute atomic E-state index is 9.77. The highest BCUT2D eigenvalue weighted by atomic mass is 16.3.